The fourth-order valence-electron chi connectivity index (χ4n) is 3.46. The Morgan fingerprint density at radius 3 is 2.26 bits per heavy atom. The van der Waals surface area contributed by atoms with Crippen molar-refractivity contribution in [3.8, 4) is 0 Å². The highest BCUT2D eigenvalue weighted by molar-refractivity contribution is 5.98. The molecule has 0 aliphatic heterocycles. The van der Waals surface area contributed by atoms with Crippen molar-refractivity contribution in [2.24, 2.45) is 0 Å². The SMILES string of the molecule is CN(C)Cc1ccc(C=Cc2ccccc2C(=O)NC(CO)Cc2ccccc2)cc1. The lowest BCUT2D eigenvalue weighted by atomic mass is 10.0. The van der Waals surface area contributed by atoms with Crippen molar-refractivity contribution in [3.05, 3.63) is 107 Å². The summed E-state index contributed by atoms with van der Waals surface area (Å²) >= 11 is 0. The summed E-state index contributed by atoms with van der Waals surface area (Å²) in [5, 5.41) is 12.7. The zero-order valence-electron chi connectivity index (χ0n) is 18.2. The number of carbonyl (C=O) groups excluding carboxylic acids is 1. The predicted octanol–water partition coefficient (Wildman–Crippen LogP) is 4.25. The first-order chi connectivity index (χ1) is 15.0. The highest BCUT2D eigenvalue weighted by atomic mass is 16.3. The van der Waals surface area contributed by atoms with Gasteiger partial charge in [0.2, 0.25) is 0 Å². The molecule has 4 heteroatoms. The summed E-state index contributed by atoms with van der Waals surface area (Å²) in [5.74, 6) is -0.184. The number of aliphatic hydroxyl groups excluding tert-OH is 1. The van der Waals surface area contributed by atoms with Crippen molar-refractivity contribution >= 4 is 18.1 Å². The van der Waals surface area contributed by atoms with Crippen LogP contribution in [0.1, 0.15) is 32.6 Å². The van der Waals surface area contributed by atoms with Gasteiger partial charge in [-0.2, -0.15) is 0 Å². The number of hydrogen-bond acceptors (Lipinski definition) is 3. The zero-order valence-corrected chi connectivity index (χ0v) is 18.2. The van der Waals surface area contributed by atoms with E-state index in [-0.39, 0.29) is 18.6 Å². The molecule has 0 spiro atoms. The van der Waals surface area contributed by atoms with Gasteiger partial charge in [0.05, 0.1) is 12.6 Å². The largest absolute Gasteiger partial charge is 0.394 e. The average molecular weight is 415 g/mol. The van der Waals surface area contributed by atoms with Crippen LogP contribution in [0.15, 0.2) is 78.9 Å². The Labute approximate surface area is 184 Å². The fourth-order valence-corrected chi connectivity index (χ4v) is 3.46. The summed E-state index contributed by atoms with van der Waals surface area (Å²) in [7, 11) is 4.11. The maximum atomic E-state index is 12.9. The molecular formula is C27H30N2O2. The third-order valence-electron chi connectivity index (χ3n) is 5.02. The molecule has 0 aliphatic carbocycles. The number of carbonyl (C=O) groups is 1. The summed E-state index contributed by atoms with van der Waals surface area (Å²) in [6.07, 6.45) is 4.56. The number of aliphatic hydroxyl groups is 1. The summed E-state index contributed by atoms with van der Waals surface area (Å²) in [5.41, 5.74) is 4.85. The molecule has 0 saturated carbocycles. The van der Waals surface area contributed by atoms with Gasteiger partial charge in [-0.25, -0.2) is 0 Å². The molecule has 2 N–H and O–H groups in total. The minimum atomic E-state index is -0.337. The molecule has 31 heavy (non-hydrogen) atoms. The number of rotatable bonds is 9. The van der Waals surface area contributed by atoms with Crippen LogP contribution in [0.3, 0.4) is 0 Å². The van der Waals surface area contributed by atoms with E-state index in [0.717, 1.165) is 23.2 Å². The third kappa shape index (κ3) is 6.92. The quantitative estimate of drug-likeness (QED) is 0.515. The lowest BCUT2D eigenvalue weighted by molar-refractivity contribution is 0.0916. The smallest absolute Gasteiger partial charge is 0.252 e. The minimum absolute atomic E-state index is 0.113. The number of amides is 1. The Hall–Kier alpha value is -3.21. The molecule has 1 unspecified atom stereocenters. The molecular weight excluding hydrogens is 384 g/mol. The topological polar surface area (TPSA) is 52.6 Å². The maximum Gasteiger partial charge on any atom is 0.252 e. The first-order valence-electron chi connectivity index (χ1n) is 10.5. The van der Waals surface area contributed by atoms with E-state index in [1.54, 1.807) is 0 Å². The van der Waals surface area contributed by atoms with Crippen LogP contribution in [0.4, 0.5) is 0 Å². The molecule has 0 bridgehead atoms. The van der Waals surface area contributed by atoms with Crippen molar-refractivity contribution in [1.82, 2.24) is 10.2 Å². The van der Waals surface area contributed by atoms with Crippen molar-refractivity contribution in [1.29, 1.82) is 0 Å². The molecule has 3 aromatic rings. The van der Waals surface area contributed by atoms with Crippen LogP contribution in [0.2, 0.25) is 0 Å². The normalized spacial score (nSPS) is 12.3. The molecule has 1 amide bonds. The predicted molar refractivity (Wildman–Crippen MR) is 128 cm³/mol. The van der Waals surface area contributed by atoms with E-state index in [1.807, 2.05) is 66.7 Å². The van der Waals surface area contributed by atoms with Gasteiger partial charge in [-0.1, -0.05) is 84.9 Å². The van der Waals surface area contributed by atoms with Crippen molar-refractivity contribution in [3.63, 3.8) is 0 Å². The van der Waals surface area contributed by atoms with Gasteiger partial charge in [0.1, 0.15) is 0 Å². The van der Waals surface area contributed by atoms with Crippen LogP contribution in [-0.2, 0) is 13.0 Å². The fraction of sp³-hybridized carbons (Fsp3) is 0.222. The first-order valence-corrected chi connectivity index (χ1v) is 10.5. The summed E-state index contributed by atoms with van der Waals surface area (Å²) in [6, 6.07) is 25.4. The lowest BCUT2D eigenvalue weighted by Gasteiger charge is -2.17. The van der Waals surface area contributed by atoms with Crippen LogP contribution in [0.25, 0.3) is 12.2 Å². The van der Waals surface area contributed by atoms with E-state index in [2.05, 4.69) is 48.6 Å². The number of nitrogens with one attached hydrogen (secondary N) is 1. The maximum absolute atomic E-state index is 12.9. The molecule has 3 aromatic carbocycles. The van der Waals surface area contributed by atoms with Crippen LogP contribution < -0.4 is 5.32 Å². The lowest BCUT2D eigenvalue weighted by Crippen LogP contribution is -2.39. The molecule has 0 aliphatic rings. The molecule has 0 aromatic heterocycles. The Morgan fingerprint density at radius 2 is 1.58 bits per heavy atom. The Kier molecular flexibility index (Phi) is 8.16. The van der Waals surface area contributed by atoms with Crippen molar-refractivity contribution in [2.45, 2.75) is 19.0 Å². The second-order valence-corrected chi connectivity index (χ2v) is 7.94. The van der Waals surface area contributed by atoms with E-state index in [4.69, 9.17) is 0 Å². The second kappa shape index (κ2) is 11.3. The summed E-state index contributed by atoms with van der Waals surface area (Å²) < 4.78 is 0. The highest BCUT2D eigenvalue weighted by Crippen LogP contribution is 2.15. The van der Waals surface area contributed by atoms with E-state index < -0.39 is 0 Å². The van der Waals surface area contributed by atoms with Gasteiger partial charge in [0.25, 0.3) is 5.91 Å². The van der Waals surface area contributed by atoms with E-state index in [9.17, 15) is 9.90 Å². The van der Waals surface area contributed by atoms with Gasteiger partial charge in [-0.3, -0.25) is 4.79 Å². The van der Waals surface area contributed by atoms with Gasteiger partial charge in [-0.05, 0) is 48.8 Å². The molecule has 0 heterocycles. The van der Waals surface area contributed by atoms with Crippen LogP contribution in [-0.4, -0.2) is 42.7 Å². The van der Waals surface area contributed by atoms with Gasteiger partial charge in [0.15, 0.2) is 0 Å². The van der Waals surface area contributed by atoms with E-state index in [0.29, 0.717) is 12.0 Å². The summed E-state index contributed by atoms with van der Waals surface area (Å²) in [6.45, 7) is 0.792. The Bertz CT molecular complexity index is 995. The molecule has 3 rings (SSSR count). The van der Waals surface area contributed by atoms with Crippen molar-refractivity contribution < 1.29 is 9.90 Å². The molecule has 160 valence electrons. The standard InChI is InChI=1S/C27H30N2O2/c1-29(2)19-23-14-12-21(13-15-23)16-17-24-10-6-7-11-26(24)27(31)28-25(20-30)18-22-8-4-3-5-9-22/h3-17,25,30H,18-20H2,1-2H3,(H,28,31). The first kappa shape index (κ1) is 22.5. The number of nitrogens with zero attached hydrogens (tertiary/aromatic N) is 1. The Balaban J connectivity index is 1.70. The van der Waals surface area contributed by atoms with Gasteiger partial charge >= 0.3 is 0 Å². The highest BCUT2D eigenvalue weighted by Gasteiger charge is 2.15. The monoisotopic (exact) mass is 414 g/mol. The van der Waals surface area contributed by atoms with Gasteiger partial charge < -0.3 is 15.3 Å². The molecule has 0 radical (unpaired) electrons. The van der Waals surface area contributed by atoms with E-state index in [1.165, 1.54) is 5.56 Å². The van der Waals surface area contributed by atoms with Crippen LogP contribution in [0.5, 0.6) is 0 Å². The zero-order chi connectivity index (χ0) is 22.1. The van der Waals surface area contributed by atoms with E-state index >= 15 is 0 Å². The minimum Gasteiger partial charge on any atom is -0.394 e. The molecule has 4 nitrogen and oxygen atoms in total. The third-order valence-corrected chi connectivity index (χ3v) is 5.02. The molecule has 0 fully saturated rings. The number of benzene rings is 3. The second-order valence-electron chi connectivity index (χ2n) is 7.94. The Morgan fingerprint density at radius 1 is 0.903 bits per heavy atom. The molecule has 1 atom stereocenters. The van der Waals surface area contributed by atoms with Gasteiger partial charge in [0, 0.05) is 12.1 Å². The van der Waals surface area contributed by atoms with Gasteiger partial charge in [-0.15, -0.1) is 0 Å². The number of hydrogen-bond donors (Lipinski definition) is 2. The van der Waals surface area contributed by atoms with Crippen LogP contribution in [0, 0.1) is 0 Å². The van der Waals surface area contributed by atoms with Crippen LogP contribution >= 0.6 is 0 Å². The van der Waals surface area contributed by atoms with Crippen molar-refractivity contribution in [2.75, 3.05) is 20.7 Å². The average Bonchev–Trinajstić information content (AvgIpc) is 2.78. The summed E-state index contributed by atoms with van der Waals surface area (Å²) in [4.78, 5) is 15.1. The molecule has 0 saturated heterocycles.